The second-order valence-electron chi connectivity index (χ2n) is 4.19. The second kappa shape index (κ2) is 4.10. The van der Waals surface area contributed by atoms with Crippen LogP contribution in [0, 0.1) is 0 Å². The summed E-state index contributed by atoms with van der Waals surface area (Å²) in [6.45, 7) is 0.654. The molecule has 0 amide bonds. The molecule has 5 nitrogen and oxygen atoms in total. The number of benzene rings is 1. The largest absolute Gasteiger partial charge is 0.328 e. The van der Waals surface area contributed by atoms with Crippen LogP contribution >= 0.6 is 0 Å². The molecule has 0 saturated carbocycles. The Kier molecular flexibility index (Phi) is 2.44. The molecule has 5 heteroatoms. The zero-order chi connectivity index (χ0) is 12.5. The molecule has 0 fully saturated rings. The quantitative estimate of drug-likeness (QED) is 0.676. The summed E-state index contributed by atoms with van der Waals surface area (Å²) < 4.78 is 3.58. The van der Waals surface area contributed by atoms with Crippen LogP contribution in [0.4, 0.5) is 0 Å². The lowest BCUT2D eigenvalue weighted by atomic mass is 10.2. The molecule has 0 unspecified atom stereocenters. The summed E-state index contributed by atoms with van der Waals surface area (Å²) in [5.41, 5.74) is 2.11. The van der Waals surface area contributed by atoms with E-state index >= 15 is 0 Å². The van der Waals surface area contributed by atoms with Crippen LogP contribution in [0.15, 0.2) is 47.8 Å². The summed E-state index contributed by atoms with van der Waals surface area (Å²) in [7, 11) is 1.80. The number of aryl methyl sites for hydroxylation is 1. The lowest BCUT2D eigenvalue weighted by molar-refractivity contribution is 0.788. The molecule has 0 N–H and O–H groups in total. The van der Waals surface area contributed by atoms with Gasteiger partial charge in [-0.05, 0) is 5.56 Å². The molecule has 0 aliphatic heterocycles. The van der Waals surface area contributed by atoms with Crippen molar-refractivity contribution < 1.29 is 0 Å². The Morgan fingerprint density at radius 3 is 2.67 bits per heavy atom. The van der Waals surface area contributed by atoms with Crippen molar-refractivity contribution in [2.24, 2.45) is 7.05 Å². The van der Waals surface area contributed by atoms with Gasteiger partial charge >= 0.3 is 0 Å². The van der Waals surface area contributed by atoms with E-state index in [1.54, 1.807) is 24.3 Å². The number of imidazole rings is 1. The molecular formula is C13H12N4O. The van der Waals surface area contributed by atoms with Crippen LogP contribution in [-0.4, -0.2) is 19.1 Å². The molecule has 0 aliphatic rings. The summed E-state index contributed by atoms with van der Waals surface area (Å²) in [6, 6.07) is 10.0. The number of aromatic nitrogens is 4. The first-order valence-corrected chi connectivity index (χ1v) is 5.66. The van der Waals surface area contributed by atoms with Gasteiger partial charge in [0.05, 0.1) is 12.9 Å². The molecule has 2 heterocycles. The molecule has 18 heavy (non-hydrogen) atoms. The van der Waals surface area contributed by atoms with Gasteiger partial charge in [-0.2, -0.15) is 4.98 Å². The van der Waals surface area contributed by atoms with Gasteiger partial charge in [0.1, 0.15) is 6.33 Å². The Balaban J connectivity index is 2.14. The van der Waals surface area contributed by atoms with Crippen LogP contribution in [0.3, 0.4) is 0 Å². The van der Waals surface area contributed by atoms with Crippen molar-refractivity contribution in [3.05, 3.63) is 58.9 Å². The van der Waals surface area contributed by atoms with E-state index in [4.69, 9.17) is 0 Å². The molecule has 0 bridgehead atoms. The standard InChI is InChI=1S/C13H12N4O/c1-16-8-14-12-11(16)13(18)15-9-17(12)7-10-5-3-2-4-6-10/h2-6,8-9H,7H2,1H3. The third kappa shape index (κ3) is 1.69. The number of hydrogen-bond acceptors (Lipinski definition) is 3. The topological polar surface area (TPSA) is 52.7 Å². The molecule has 1 aromatic carbocycles. The summed E-state index contributed by atoms with van der Waals surface area (Å²) >= 11 is 0. The van der Waals surface area contributed by atoms with Gasteiger partial charge in [-0.25, -0.2) is 4.98 Å². The van der Waals surface area contributed by atoms with E-state index in [0.717, 1.165) is 5.56 Å². The van der Waals surface area contributed by atoms with E-state index in [1.807, 2.05) is 34.9 Å². The Morgan fingerprint density at radius 1 is 1.11 bits per heavy atom. The van der Waals surface area contributed by atoms with Gasteiger partial charge in [0.2, 0.25) is 0 Å². The van der Waals surface area contributed by atoms with E-state index in [9.17, 15) is 4.79 Å². The maximum Gasteiger partial charge on any atom is 0.298 e. The molecule has 0 radical (unpaired) electrons. The van der Waals surface area contributed by atoms with Crippen molar-refractivity contribution in [1.82, 2.24) is 19.1 Å². The molecule has 3 rings (SSSR count). The van der Waals surface area contributed by atoms with Crippen LogP contribution in [0.1, 0.15) is 5.56 Å². The van der Waals surface area contributed by atoms with Crippen molar-refractivity contribution >= 4 is 11.2 Å². The first-order chi connectivity index (χ1) is 8.75. The summed E-state index contributed by atoms with van der Waals surface area (Å²) in [6.07, 6.45) is 3.18. The molecule has 3 aromatic rings. The maximum absolute atomic E-state index is 11.7. The van der Waals surface area contributed by atoms with Crippen molar-refractivity contribution in [1.29, 1.82) is 0 Å². The smallest absolute Gasteiger partial charge is 0.298 e. The highest BCUT2D eigenvalue weighted by molar-refractivity contribution is 5.69. The SMILES string of the molecule is Cn1cnc2c1c(=O)ncn2Cc1ccccc1. The average molecular weight is 240 g/mol. The van der Waals surface area contributed by atoms with E-state index in [2.05, 4.69) is 9.97 Å². The zero-order valence-electron chi connectivity index (χ0n) is 9.95. The van der Waals surface area contributed by atoms with Crippen LogP contribution in [0.25, 0.3) is 11.2 Å². The first kappa shape index (κ1) is 10.7. The average Bonchev–Trinajstić information content (AvgIpc) is 2.78. The van der Waals surface area contributed by atoms with Gasteiger partial charge in [0, 0.05) is 7.05 Å². The van der Waals surface area contributed by atoms with Gasteiger partial charge in [-0.15, -0.1) is 0 Å². The predicted octanol–water partition coefficient (Wildman–Crippen LogP) is 1.18. The highest BCUT2D eigenvalue weighted by atomic mass is 16.1. The zero-order valence-corrected chi connectivity index (χ0v) is 9.95. The fraction of sp³-hybridized carbons (Fsp3) is 0.154. The van der Waals surface area contributed by atoms with Crippen LogP contribution in [-0.2, 0) is 13.6 Å². The van der Waals surface area contributed by atoms with E-state index in [1.165, 1.54) is 0 Å². The monoisotopic (exact) mass is 240 g/mol. The third-order valence-corrected chi connectivity index (χ3v) is 2.90. The molecular weight excluding hydrogens is 228 g/mol. The highest BCUT2D eigenvalue weighted by Gasteiger charge is 2.08. The Labute approximate surface area is 103 Å². The molecule has 0 atom stereocenters. The van der Waals surface area contributed by atoms with Gasteiger partial charge in [-0.1, -0.05) is 30.3 Å². The van der Waals surface area contributed by atoms with Gasteiger partial charge in [0.25, 0.3) is 5.56 Å². The van der Waals surface area contributed by atoms with Crippen molar-refractivity contribution in [3.8, 4) is 0 Å². The Bertz CT molecular complexity index is 743. The van der Waals surface area contributed by atoms with E-state index in [-0.39, 0.29) is 5.56 Å². The van der Waals surface area contributed by atoms with Crippen LogP contribution in [0.2, 0.25) is 0 Å². The molecule has 2 aromatic heterocycles. The number of rotatable bonds is 2. The number of fused-ring (bicyclic) bond motifs is 1. The summed E-state index contributed by atoms with van der Waals surface area (Å²) in [5, 5.41) is 0. The highest BCUT2D eigenvalue weighted by Crippen LogP contribution is 2.09. The normalized spacial score (nSPS) is 10.9. The van der Waals surface area contributed by atoms with Crippen molar-refractivity contribution in [2.45, 2.75) is 6.54 Å². The molecule has 0 spiro atoms. The molecule has 90 valence electrons. The Morgan fingerprint density at radius 2 is 1.89 bits per heavy atom. The predicted molar refractivity (Wildman–Crippen MR) is 68.3 cm³/mol. The summed E-state index contributed by atoms with van der Waals surface area (Å²) in [4.78, 5) is 19.8. The summed E-state index contributed by atoms with van der Waals surface area (Å²) in [5.74, 6) is 0. The molecule has 0 saturated heterocycles. The lowest BCUT2D eigenvalue weighted by Crippen LogP contribution is -2.14. The lowest BCUT2D eigenvalue weighted by Gasteiger charge is -2.06. The second-order valence-corrected chi connectivity index (χ2v) is 4.19. The van der Waals surface area contributed by atoms with Crippen LogP contribution in [0.5, 0.6) is 0 Å². The fourth-order valence-corrected chi connectivity index (χ4v) is 2.01. The first-order valence-electron chi connectivity index (χ1n) is 5.66. The maximum atomic E-state index is 11.7. The van der Waals surface area contributed by atoms with E-state index < -0.39 is 0 Å². The minimum absolute atomic E-state index is 0.241. The number of nitrogens with zero attached hydrogens (tertiary/aromatic N) is 4. The molecule has 0 aliphatic carbocycles. The number of hydrogen-bond donors (Lipinski definition) is 0. The van der Waals surface area contributed by atoms with Gasteiger partial charge in [0.15, 0.2) is 11.2 Å². The minimum atomic E-state index is -0.241. The van der Waals surface area contributed by atoms with Gasteiger partial charge in [-0.3, -0.25) is 4.79 Å². The minimum Gasteiger partial charge on any atom is -0.328 e. The van der Waals surface area contributed by atoms with Crippen molar-refractivity contribution in [3.63, 3.8) is 0 Å². The van der Waals surface area contributed by atoms with E-state index in [0.29, 0.717) is 17.7 Å². The third-order valence-electron chi connectivity index (χ3n) is 2.90. The van der Waals surface area contributed by atoms with Crippen molar-refractivity contribution in [2.75, 3.05) is 0 Å². The van der Waals surface area contributed by atoms with Crippen LogP contribution < -0.4 is 5.56 Å². The van der Waals surface area contributed by atoms with Gasteiger partial charge < -0.3 is 9.13 Å². The fourth-order valence-electron chi connectivity index (χ4n) is 2.01. The Hall–Kier alpha value is -2.43.